The van der Waals surface area contributed by atoms with Gasteiger partial charge in [0.1, 0.15) is 11.8 Å². The number of hydrogen-bond donors (Lipinski definition) is 1. The highest BCUT2D eigenvalue weighted by Gasteiger charge is 2.03. The predicted molar refractivity (Wildman–Crippen MR) is 73.9 cm³/mol. The van der Waals surface area contributed by atoms with Crippen molar-refractivity contribution in [2.45, 2.75) is 52.6 Å². The minimum atomic E-state index is 0.488. The van der Waals surface area contributed by atoms with Gasteiger partial charge in [0, 0.05) is 18.8 Å². The molecule has 0 aromatic carbocycles. The van der Waals surface area contributed by atoms with Crippen LogP contribution in [0, 0.1) is 17.2 Å². The molecule has 0 aliphatic carbocycles. The van der Waals surface area contributed by atoms with Crippen LogP contribution < -0.4 is 5.32 Å². The fourth-order valence-electron chi connectivity index (χ4n) is 1.87. The van der Waals surface area contributed by atoms with Gasteiger partial charge in [0.15, 0.2) is 0 Å². The fourth-order valence-corrected chi connectivity index (χ4v) is 1.87. The first-order valence-electron chi connectivity index (χ1n) is 6.70. The average molecular weight is 245 g/mol. The van der Waals surface area contributed by atoms with Gasteiger partial charge in [0.05, 0.1) is 0 Å². The predicted octanol–water partition coefficient (Wildman–Crippen LogP) is 3.26. The van der Waals surface area contributed by atoms with Gasteiger partial charge in [-0.2, -0.15) is 5.26 Å². The Morgan fingerprint density at radius 1 is 1.33 bits per heavy atom. The van der Waals surface area contributed by atoms with Crippen LogP contribution in [0.25, 0.3) is 0 Å². The topological polar surface area (TPSA) is 48.7 Å². The maximum Gasteiger partial charge on any atom is 0.140 e. The lowest BCUT2D eigenvalue weighted by Crippen LogP contribution is -2.25. The van der Waals surface area contributed by atoms with Gasteiger partial charge in [-0.25, -0.2) is 4.98 Å². The summed E-state index contributed by atoms with van der Waals surface area (Å²) in [5.41, 5.74) is 1.61. The molecule has 1 heterocycles. The summed E-state index contributed by atoms with van der Waals surface area (Å²) < 4.78 is 0. The SMILES string of the molecule is CC(C)CCCC(C)NCc1ccnc(C#N)c1. The number of aromatic nitrogens is 1. The van der Waals surface area contributed by atoms with E-state index in [9.17, 15) is 0 Å². The number of nitrogens with zero attached hydrogens (tertiary/aromatic N) is 2. The van der Waals surface area contributed by atoms with Crippen molar-refractivity contribution in [1.82, 2.24) is 10.3 Å². The normalized spacial score (nSPS) is 12.4. The van der Waals surface area contributed by atoms with Crippen LogP contribution in [0.3, 0.4) is 0 Å². The van der Waals surface area contributed by atoms with Crippen LogP contribution in [0.4, 0.5) is 0 Å². The molecule has 0 saturated heterocycles. The Morgan fingerprint density at radius 3 is 2.78 bits per heavy atom. The van der Waals surface area contributed by atoms with Crippen molar-refractivity contribution in [3.8, 4) is 6.07 Å². The molecule has 3 heteroatoms. The van der Waals surface area contributed by atoms with E-state index in [1.165, 1.54) is 19.3 Å². The minimum absolute atomic E-state index is 0.488. The van der Waals surface area contributed by atoms with E-state index in [0.717, 1.165) is 18.0 Å². The Balaban J connectivity index is 2.29. The molecule has 1 rings (SSSR count). The van der Waals surface area contributed by atoms with Crippen molar-refractivity contribution in [2.24, 2.45) is 5.92 Å². The van der Waals surface area contributed by atoms with Crippen LogP contribution in [0.15, 0.2) is 18.3 Å². The second-order valence-electron chi connectivity index (χ2n) is 5.27. The van der Waals surface area contributed by atoms with Gasteiger partial charge in [-0.15, -0.1) is 0 Å². The molecule has 1 aromatic rings. The third-order valence-corrected chi connectivity index (χ3v) is 3.01. The summed E-state index contributed by atoms with van der Waals surface area (Å²) in [7, 11) is 0. The molecular weight excluding hydrogens is 222 g/mol. The molecule has 1 unspecified atom stereocenters. The first kappa shape index (κ1) is 14.7. The van der Waals surface area contributed by atoms with E-state index >= 15 is 0 Å². The Morgan fingerprint density at radius 2 is 2.11 bits per heavy atom. The third-order valence-electron chi connectivity index (χ3n) is 3.01. The monoisotopic (exact) mass is 245 g/mol. The molecule has 1 N–H and O–H groups in total. The Bertz CT molecular complexity index is 393. The number of rotatable bonds is 7. The fraction of sp³-hybridized carbons (Fsp3) is 0.600. The molecule has 0 radical (unpaired) electrons. The van der Waals surface area contributed by atoms with E-state index in [0.29, 0.717) is 11.7 Å². The number of hydrogen-bond acceptors (Lipinski definition) is 3. The summed E-state index contributed by atoms with van der Waals surface area (Å²) in [4.78, 5) is 3.97. The molecule has 0 spiro atoms. The van der Waals surface area contributed by atoms with Crippen molar-refractivity contribution in [1.29, 1.82) is 5.26 Å². The van der Waals surface area contributed by atoms with Gasteiger partial charge in [-0.05, 0) is 37.0 Å². The van der Waals surface area contributed by atoms with E-state index in [1.54, 1.807) is 6.20 Å². The Hall–Kier alpha value is -1.40. The smallest absolute Gasteiger partial charge is 0.140 e. The first-order valence-corrected chi connectivity index (χ1v) is 6.70. The zero-order valence-electron chi connectivity index (χ0n) is 11.6. The van der Waals surface area contributed by atoms with Crippen molar-refractivity contribution < 1.29 is 0 Å². The largest absolute Gasteiger partial charge is 0.310 e. The maximum absolute atomic E-state index is 8.77. The molecule has 98 valence electrons. The molecule has 0 saturated carbocycles. The lowest BCUT2D eigenvalue weighted by molar-refractivity contribution is 0.457. The molecule has 0 bridgehead atoms. The summed E-state index contributed by atoms with van der Waals surface area (Å²) in [5, 5.41) is 12.3. The summed E-state index contributed by atoms with van der Waals surface area (Å²) in [6.45, 7) is 7.55. The Kier molecular flexibility index (Phi) is 6.38. The lowest BCUT2D eigenvalue weighted by atomic mass is 10.0. The Labute approximate surface area is 110 Å². The van der Waals surface area contributed by atoms with E-state index in [2.05, 4.69) is 37.1 Å². The molecule has 1 aromatic heterocycles. The highest BCUT2D eigenvalue weighted by molar-refractivity contribution is 5.25. The number of nitriles is 1. The first-order chi connectivity index (χ1) is 8.61. The van der Waals surface area contributed by atoms with E-state index in [-0.39, 0.29) is 0 Å². The van der Waals surface area contributed by atoms with Gasteiger partial charge in [-0.1, -0.05) is 26.7 Å². The van der Waals surface area contributed by atoms with Crippen molar-refractivity contribution in [3.05, 3.63) is 29.6 Å². The number of nitrogens with one attached hydrogen (secondary N) is 1. The van der Waals surface area contributed by atoms with Crippen LogP contribution in [0.2, 0.25) is 0 Å². The quantitative estimate of drug-likeness (QED) is 0.802. The maximum atomic E-state index is 8.77. The molecule has 0 fully saturated rings. The molecular formula is C15H23N3. The van der Waals surface area contributed by atoms with Crippen molar-refractivity contribution in [2.75, 3.05) is 0 Å². The highest BCUT2D eigenvalue weighted by atomic mass is 14.9. The standard InChI is InChI=1S/C15H23N3/c1-12(2)5-4-6-13(3)18-11-14-7-8-17-15(9-14)10-16/h7-9,12-13,18H,4-6,11H2,1-3H3. The molecule has 1 atom stereocenters. The van der Waals surface area contributed by atoms with Crippen LogP contribution in [0.1, 0.15) is 51.3 Å². The molecule has 3 nitrogen and oxygen atoms in total. The second-order valence-corrected chi connectivity index (χ2v) is 5.27. The lowest BCUT2D eigenvalue weighted by Gasteiger charge is -2.14. The zero-order chi connectivity index (χ0) is 13.4. The third kappa shape index (κ3) is 5.79. The van der Waals surface area contributed by atoms with Gasteiger partial charge in [0.25, 0.3) is 0 Å². The summed E-state index contributed by atoms with van der Waals surface area (Å²) >= 11 is 0. The molecule has 0 aliphatic heterocycles. The molecule has 0 amide bonds. The second kappa shape index (κ2) is 7.84. The van der Waals surface area contributed by atoms with Crippen molar-refractivity contribution >= 4 is 0 Å². The van der Waals surface area contributed by atoms with Gasteiger partial charge in [0.2, 0.25) is 0 Å². The van der Waals surface area contributed by atoms with Gasteiger partial charge in [-0.3, -0.25) is 0 Å². The van der Waals surface area contributed by atoms with E-state index < -0.39 is 0 Å². The van der Waals surface area contributed by atoms with Crippen LogP contribution in [-0.4, -0.2) is 11.0 Å². The van der Waals surface area contributed by atoms with Crippen LogP contribution in [-0.2, 0) is 6.54 Å². The summed E-state index contributed by atoms with van der Waals surface area (Å²) in [6, 6.07) is 6.37. The van der Waals surface area contributed by atoms with E-state index in [4.69, 9.17) is 5.26 Å². The van der Waals surface area contributed by atoms with Gasteiger partial charge < -0.3 is 5.32 Å². The van der Waals surface area contributed by atoms with E-state index in [1.807, 2.05) is 12.1 Å². The number of pyridine rings is 1. The molecule has 0 aliphatic rings. The highest BCUT2D eigenvalue weighted by Crippen LogP contribution is 2.09. The zero-order valence-corrected chi connectivity index (χ0v) is 11.6. The van der Waals surface area contributed by atoms with Crippen LogP contribution >= 0.6 is 0 Å². The summed E-state index contributed by atoms with van der Waals surface area (Å²) in [6.07, 6.45) is 5.46. The van der Waals surface area contributed by atoms with Crippen molar-refractivity contribution in [3.63, 3.8) is 0 Å². The molecule has 18 heavy (non-hydrogen) atoms. The minimum Gasteiger partial charge on any atom is -0.310 e. The van der Waals surface area contributed by atoms with Gasteiger partial charge >= 0.3 is 0 Å². The average Bonchev–Trinajstić information content (AvgIpc) is 2.36. The summed E-state index contributed by atoms with van der Waals surface area (Å²) in [5.74, 6) is 0.788. The van der Waals surface area contributed by atoms with Crippen LogP contribution in [0.5, 0.6) is 0 Å².